The maximum Gasteiger partial charge on any atom is 0.239 e. The Balaban J connectivity index is 1.50. The molecule has 0 aromatic rings. The first-order valence-electron chi connectivity index (χ1n) is 6.61. The molecule has 3 aliphatic rings. The smallest absolute Gasteiger partial charge is 0.239 e. The summed E-state index contributed by atoms with van der Waals surface area (Å²) in [5, 5.41) is 3.30. The summed E-state index contributed by atoms with van der Waals surface area (Å²) in [5.41, 5.74) is 0. The van der Waals surface area contributed by atoms with Gasteiger partial charge in [0.25, 0.3) is 0 Å². The van der Waals surface area contributed by atoms with Gasteiger partial charge < -0.3 is 10.2 Å². The van der Waals surface area contributed by atoms with E-state index < -0.39 is 0 Å². The van der Waals surface area contributed by atoms with Crippen molar-refractivity contribution < 1.29 is 4.79 Å². The van der Waals surface area contributed by atoms with Crippen LogP contribution in [0.15, 0.2) is 0 Å². The second kappa shape index (κ2) is 4.34. The molecule has 4 heteroatoms. The van der Waals surface area contributed by atoms with Gasteiger partial charge in [-0.2, -0.15) is 0 Å². The number of carbonyl (C=O) groups excluding carboxylic acids is 1. The van der Waals surface area contributed by atoms with Crippen molar-refractivity contribution in [2.45, 2.75) is 37.8 Å². The molecule has 1 saturated carbocycles. The summed E-state index contributed by atoms with van der Waals surface area (Å²) in [5.74, 6) is 0.341. The molecule has 3 rings (SSSR count). The molecule has 0 radical (unpaired) electrons. The van der Waals surface area contributed by atoms with Gasteiger partial charge in [0.2, 0.25) is 5.91 Å². The topological polar surface area (TPSA) is 35.6 Å². The minimum Gasteiger partial charge on any atom is -0.339 e. The SMILES string of the molecule is O=C([C@@H]1CCCN1)N1CCN(C2CC2)CC1. The van der Waals surface area contributed by atoms with E-state index in [4.69, 9.17) is 0 Å². The van der Waals surface area contributed by atoms with Crippen LogP contribution in [0.5, 0.6) is 0 Å². The monoisotopic (exact) mass is 223 g/mol. The molecular weight excluding hydrogens is 202 g/mol. The molecule has 90 valence electrons. The van der Waals surface area contributed by atoms with E-state index in [9.17, 15) is 4.79 Å². The third kappa shape index (κ3) is 2.09. The molecule has 1 aliphatic carbocycles. The normalized spacial score (nSPS) is 32.0. The van der Waals surface area contributed by atoms with E-state index in [1.165, 1.54) is 12.8 Å². The molecule has 0 spiro atoms. The first kappa shape index (κ1) is 10.5. The second-order valence-corrected chi connectivity index (χ2v) is 5.24. The molecule has 0 aromatic heterocycles. The van der Waals surface area contributed by atoms with Crippen molar-refractivity contribution in [1.29, 1.82) is 0 Å². The van der Waals surface area contributed by atoms with Crippen molar-refractivity contribution in [1.82, 2.24) is 15.1 Å². The molecule has 2 heterocycles. The molecule has 2 saturated heterocycles. The molecule has 0 aromatic carbocycles. The molecule has 4 nitrogen and oxygen atoms in total. The van der Waals surface area contributed by atoms with Crippen molar-refractivity contribution in [2.24, 2.45) is 0 Å². The Morgan fingerprint density at radius 2 is 1.81 bits per heavy atom. The first-order chi connectivity index (χ1) is 7.84. The van der Waals surface area contributed by atoms with Gasteiger partial charge in [0.15, 0.2) is 0 Å². The van der Waals surface area contributed by atoms with Crippen LogP contribution in [-0.2, 0) is 4.79 Å². The lowest BCUT2D eigenvalue weighted by atomic mass is 10.2. The fourth-order valence-electron chi connectivity index (χ4n) is 2.86. The molecule has 1 atom stereocenters. The molecular formula is C12H21N3O. The maximum absolute atomic E-state index is 12.1. The van der Waals surface area contributed by atoms with Gasteiger partial charge in [-0.25, -0.2) is 0 Å². The third-order valence-corrected chi connectivity index (χ3v) is 4.05. The van der Waals surface area contributed by atoms with Crippen LogP contribution in [0.3, 0.4) is 0 Å². The zero-order valence-corrected chi connectivity index (χ0v) is 9.82. The van der Waals surface area contributed by atoms with E-state index >= 15 is 0 Å². The average molecular weight is 223 g/mol. The number of rotatable bonds is 2. The molecule has 16 heavy (non-hydrogen) atoms. The Labute approximate surface area is 97.0 Å². The van der Waals surface area contributed by atoms with Gasteiger partial charge in [0, 0.05) is 32.2 Å². The van der Waals surface area contributed by atoms with E-state index in [0.29, 0.717) is 5.91 Å². The molecule has 1 N–H and O–H groups in total. The summed E-state index contributed by atoms with van der Waals surface area (Å²) in [6.45, 7) is 5.06. The number of hydrogen-bond acceptors (Lipinski definition) is 3. The van der Waals surface area contributed by atoms with Gasteiger partial charge in [-0.3, -0.25) is 9.69 Å². The van der Waals surface area contributed by atoms with E-state index in [1.807, 2.05) is 0 Å². The van der Waals surface area contributed by atoms with E-state index in [0.717, 1.165) is 51.6 Å². The fraction of sp³-hybridized carbons (Fsp3) is 0.917. The lowest BCUT2D eigenvalue weighted by Gasteiger charge is -2.36. The summed E-state index contributed by atoms with van der Waals surface area (Å²) in [6, 6.07) is 0.967. The Morgan fingerprint density at radius 3 is 2.38 bits per heavy atom. The summed E-state index contributed by atoms with van der Waals surface area (Å²) >= 11 is 0. The minimum atomic E-state index is 0.118. The largest absolute Gasteiger partial charge is 0.339 e. The van der Waals surface area contributed by atoms with Crippen LogP contribution >= 0.6 is 0 Å². The Hall–Kier alpha value is -0.610. The minimum absolute atomic E-state index is 0.118. The predicted octanol–water partition coefficient (Wildman–Crippen LogP) is 0.0450. The van der Waals surface area contributed by atoms with Crippen molar-refractivity contribution in [2.75, 3.05) is 32.7 Å². The quantitative estimate of drug-likeness (QED) is 0.718. The zero-order valence-electron chi connectivity index (χ0n) is 9.82. The van der Waals surface area contributed by atoms with Gasteiger partial charge in [-0.1, -0.05) is 0 Å². The van der Waals surface area contributed by atoms with Crippen molar-refractivity contribution in [3.8, 4) is 0 Å². The van der Waals surface area contributed by atoms with Gasteiger partial charge in [-0.15, -0.1) is 0 Å². The highest BCUT2D eigenvalue weighted by atomic mass is 16.2. The molecule has 1 amide bonds. The van der Waals surface area contributed by atoms with Gasteiger partial charge in [-0.05, 0) is 32.2 Å². The third-order valence-electron chi connectivity index (χ3n) is 4.05. The summed E-state index contributed by atoms with van der Waals surface area (Å²) in [7, 11) is 0. The lowest BCUT2D eigenvalue weighted by Crippen LogP contribution is -2.53. The van der Waals surface area contributed by atoms with Crippen molar-refractivity contribution in [3.63, 3.8) is 0 Å². The van der Waals surface area contributed by atoms with Crippen LogP contribution in [0, 0.1) is 0 Å². The first-order valence-corrected chi connectivity index (χ1v) is 6.61. The number of hydrogen-bond donors (Lipinski definition) is 1. The van der Waals surface area contributed by atoms with Crippen molar-refractivity contribution in [3.05, 3.63) is 0 Å². The Kier molecular flexibility index (Phi) is 2.86. The van der Waals surface area contributed by atoms with Crippen LogP contribution in [0.25, 0.3) is 0 Å². The van der Waals surface area contributed by atoms with E-state index in [2.05, 4.69) is 15.1 Å². The van der Waals surface area contributed by atoms with Crippen LogP contribution in [0.1, 0.15) is 25.7 Å². The maximum atomic E-state index is 12.1. The second-order valence-electron chi connectivity index (χ2n) is 5.24. The number of amides is 1. The number of nitrogens with one attached hydrogen (secondary N) is 1. The highest BCUT2D eigenvalue weighted by Gasteiger charge is 2.34. The predicted molar refractivity (Wildman–Crippen MR) is 62.2 cm³/mol. The average Bonchev–Trinajstić information content (AvgIpc) is 3.04. The zero-order chi connectivity index (χ0) is 11.0. The van der Waals surface area contributed by atoms with Crippen LogP contribution in [0.4, 0.5) is 0 Å². The van der Waals surface area contributed by atoms with E-state index in [1.54, 1.807) is 0 Å². The van der Waals surface area contributed by atoms with Gasteiger partial charge >= 0.3 is 0 Å². The highest BCUT2D eigenvalue weighted by Crippen LogP contribution is 2.27. The Morgan fingerprint density at radius 1 is 1.06 bits per heavy atom. The number of piperazine rings is 1. The number of carbonyl (C=O) groups is 1. The summed E-state index contributed by atoms with van der Waals surface area (Å²) in [4.78, 5) is 16.7. The van der Waals surface area contributed by atoms with Gasteiger partial charge in [0.1, 0.15) is 0 Å². The van der Waals surface area contributed by atoms with Gasteiger partial charge in [0.05, 0.1) is 6.04 Å². The molecule has 0 unspecified atom stereocenters. The van der Waals surface area contributed by atoms with Crippen molar-refractivity contribution >= 4 is 5.91 Å². The van der Waals surface area contributed by atoms with Crippen LogP contribution in [-0.4, -0.2) is 60.5 Å². The standard InChI is InChI=1S/C12H21N3O/c16-12(11-2-1-5-13-11)15-8-6-14(7-9-15)10-3-4-10/h10-11,13H,1-9H2/t11-/m0/s1. The Bertz CT molecular complexity index is 263. The lowest BCUT2D eigenvalue weighted by molar-refractivity contribution is -0.134. The molecule has 2 aliphatic heterocycles. The van der Waals surface area contributed by atoms with Crippen LogP contribution in [0.2, 0.25) is 0 Å². The van der Waals surface area contributed by atoms with E-state index in [-0.39, 0.29) is 6.04 Å². The summed E-state index contributed by atoms with van der Waals surface area (Å²) in [6.07, 6.45) is 4.93. The molecule has 0 bridgehead atoms. The number of nitrogens with zero attached hydrogens (tertiary/aromatic N) is 2. The molecule has 3 fully saturated rings. The van der Waals surface area contributed by atoms with Crippen LogP contribution < -0.4 is 5.32 Å². The highest BCUT2D eigenvalue weighted by molar-refractivity contribution is 5.82. The summed E-state index contributed by atoms with van der Waals surface area (Å²) < 4.78 is 0. The fourth-order valence-corrected chi connectivity index (χ4v) is 2.86.